The zero-order valence-corrected chi connectivity index (χ0v) is 8.71. The number of nitrogens with two attached hydrogens (primary N) is 1. The summed E-state index contributed by atoms with van der Waals surface area (Å²) in [5, 5.41) is 7.25. The van der Waals surface area contributed by atoms with Crippen molar-refractivity contribution >= 4 is 5.84 Å². The summed E-state index contributed by atoms with van der Waals surface area (Å²) in [5.41, 5.74) is 5.39. The molecule has 0 radical (unpaired) electrons. The molecule has 3 N–H and O–H groups in total. The molecule has 2 unspecified atom stereocenters. The van der Waals surface area contributed by atoms with Gasteiger partial charge in [-0.25, -0.2) is 0 Å². The van der Waals surface area contributed by atoms with Crippen LogP contribution in [-0.2, 0) is 0 Å². The van der Waals surface area contributed by atoms with E-state index in [0.717, 1.165) is 5.92 Å². The molecule has 0 aliphatic heterocycles. The summed E-state index contributed by atoms with van der Waals surface area (Å²) in [4.78, 5) is 2.23. The predicted octanol–water partition coefficient (Wildman–Crippen LogP) is 1.43. The maximum absolute atomic E-state index is 7.25. The van der Waals surface area contributed by atoms with Gasteiger partial charge < -0.3 is 5.73 Å². The molecule has 0 heterocycles. The summed E-state index contributed by atoms with van der Waals surface area (Å²) >= 11 is 0. The van der Waals surface area contributed by atoms with E-state index in [2.05, 4.69) is 18.9 Å². The first kappa shape index (κ1) is 10.5. The first-order valence-corrected chi connectivity index (χ1v) is 5.14. The van der Waals surface area contributed by atoms with Crippen LogP contribution < -0.4 is 5.73 Å². The smallest absolute Gasteiger partial charge is 0.105 e. The Labute approximate surface area is 80.8 Å². The fraction of sp³-hybridized carbons (Fsp3) is 0.900. The highest BCUT2D eigenvalue weighted by atomic mass is 15.1. The van der Waals surface area contributed by atoms with Crippen LogP contribution in [0.1, 0.15) is 32.6 Å². The summed E-state index contributed by atoms with van der Waals surface area (Å²) < 4.78 is 0. The van der Waals surface area contributed by atoms with Crippen LogP contribution >= 0.6 is 0 Å². The molecule has 0 bridgehead atoms. The van der Waals surface area contributed by atoms with Gasteiger partial charge in [-0.1, -0.05) is 19.8 Å². The van der Waals surface area contributed by atoms with Crippen LogP contribution in [0, 0.1) is 11.3 Å². The van der Waals surface area contributed by atoms with E-state index in [1.165, 1.54) is 25.7 Å². The Morgan fingerprint density at radius 1 is 1.46 bits per heavy atom. The molecule has 0 aromatic rings. The Bertz CT molecular complexity index is 179. The summed E-state index contributed by atoms with van der Waals surface area (Å²) in [6.07, 6.45) is 5.29. The van der Waals surface area contributed by atoms with Gasteiger partial charge in [0.2, 0.25) is 0 Å². The zero-order chi connectivity index (χ0) is 9.84. The molecule has 76 valence electrons. The van der Waals surface area contributed by atoms with E-state index in [0.29, 0.717) is 12.6 Å². The molecular formula is C10H21N3. The van der Waals surface area contributed by atoms with Crippen LogP contribution in [0.15, 0.2) is 0 Å². The minimum Gasteiger partial charge on any atom is -0.387 e. The second kappa shape index (κ2) is 4.61. The van der Waals surface area contributed by atoms with Gasteiger partial charge in [0.15, 0.2) is 0 Å². The molecule has 13 heavy (non-hydrogen) atoms. The Kier molecular flexibility index (Phi) is 3.72. The van der Waals surface area contributed by atoms with Crippen LogP contribution in [0.25, 0.3) is 0 Å². The highest BCUT2D eigenvalue weighted by Crippen LogP contribution is 2.26. The number of nitrogens with zero attached hydrogens (tertiary/aromatic N) is 1. The quantitative estimate of drug-likeness (QED) is 0.514. The molecule has 1 aliphatic rings. The average molecular weight is 183 g/mol. The number of hydrogen-bond donors (Lipinski definition) is 2. The van der Waals surface area contributed by atoms with E-state index in [9.17, 15) is 0 Å². The van der Waals surface area contributed by atoms with E-state index in [-0.39, 0.29) is 5.84 Å². The van der Waals surface area contributed by atoms with Crippen molar-refractivity contribution in [2.24, 2.45) is 11.7 Å². The van der Waals surface area contributed by atoms with Crippen molar-refractivity contribution in [3.63, 3.8) is 0 Å². The fourth-order valence-corrected chi connectivity index (χ4v) is 2.34. The molecule has 1 saturated carbocycles. The molecular weight excluding hydrogens is 162 g/mol. The summed E-state index contributed by atoms with van der Waals surface area (Å²) in [6.45, 7) is 2.93. The number of rotatable bonds is 3. The molecule has 1 fully saturated rings. The lowest BCUT2D eigenvalue weighted by Crippen LogP contribution is -2.43. The summed E-state index contributed by atoms with van der Waals surface area (Å²) in [5.74, 6) is 1.04. The lowest BCUT2D eigenvalue weighted by atomic mass is 9.85. The van der Waals surface area contributed by atoms with Crippen LogP contribution in [0.3, 0.4) is 0 Å². The second-order valence-electron chi connectivity index (χ2n) is 4.27. The average Bonchev–Trinajstić information content (AvgIpc) is 2.03. The largest absolute Gasteiger partial charge is 0.387 e. The third-order valence-electron chi connectivity index (χ3n) is 3.05. The molecule has 1 aliphatic carbocycles. The Morgan fingerprint density at radius 2 is 2.08 bits per heavy atom. The van der Waals surface area contributed by atoms with Crippen molar-refractivity contribution in [1.29, 1.82) is 5.41 Å². The van der Waals surface area contributed by atoms with Gasteiger partial charge in [0.1, 0.15) is 5.84 Å². The molecule has 0 saturated heterocycles. The molecule has 3 nitrogen and oxygen atoms in total. The van der Waals surface area contributed by atoms with Crippen LogP contribution in [-0.4, -0.2) is 30.4 Å². The first-order chi connectivity index (χ1) is 6.11. The maximum Gasteiger partial charge on any atom is 0.105 e. The number of hydrogen-bond acceptors (Lipinski definition) is 2. The number of likely N-dealkylation sites (N-methyl/N-ethyl adjacent to an activating group) is 1. The van der Waals surface area contributed by atoms with Gasteiger partial charge in [0.25, 0.3) is 0 Å². The third kappa shape index (κ3) is 2.99. The first-order valence-electron chi connectivity index (χ1n) is 5.14. The van der Waals surface area contributed by atoms with E-state index in [1.807, 2.05) is 0 Å². The maximum atomic E-state index is 7.25. The van der Waals surface area contributed by atoms with Crippen LogP contribution in [0.2, 0.25) is 0 Å². The Hall–Kier alpha value is -0.570. The van der Waals surface area contributed by atoms with Crippen molar-refractivity contribution in [3.05, 3.63) is 0 Å². The molecule has 1 rings (SSSR count). The number of amidine groups is 1. The van der Waals surface area contributed by atoms with E-state index >= 15 is 0 Å². The second-order valence-corrected chi connectivity index (χ2v) is 4.27. The predicted molar refractivity (Wildman–Crippen MR) is 56.0 cm³/mol. The minimum atomic E-state index is 0.278. The van der Waals surface area contributed by atoms with Gasteiger partial charge in [0.05, 0.1) is 6.54 Å². The topological polar surface area (TPSA) is 53.1 Å². The van der Waals surface area contributed by atoms with Gasteiger partial charge in [0, 0.05) is 6.04 Å². The van der Waals surface area contributed by atoms with Gasteiger partial charge in [-0.15, -0.1) is 0 Å². The van der Waals surface area contributed by atoms with Crippen LogP contribution in [0.4, 0.5) is 0 Å². The lowest BCUT2D eigenvalue weighted by Gasteiger charge is -2.35. The zero-order valence-electron chi connectivity index (χ0n) is 8.71. The van der Waals surface area contributed by atoms with Gasteiger partial charge in [-0.2, -0.15) is 0 Å². The normalized spacial score (nSPS) is 29.2. The van der Waals surface area contributed by atoms with Crippen LogP contribution in [0.5, 0.6) is 0 Å². The van der Waals surface area contributed by atoms with Crippen molar-refractivity contribution < 1.29 is 0 Å². The standard InChI is InChI=1S/C10H21N3/c1-8-5-3-4-6-9(8)13(2)7-10(11)12/h8-9H,3-7H2,1-2H3,(H3,11,12). The summed E-state index contributed by atoms with van der Waals surface area (Å²) in [6, 6.07) is 0.637. The molecule has 2 atom stereocenters. The van der Waals surface area contributed by atoms with Crippen molar-refractivity contribution in [3.8, 4) is 0 Å². The SMILES string of the molecule is CC1CCCCC1N(C)CC(=N)N. The fourth-order valence-electron chi connectivity index (χ4n) is 2.34. The molecule has 0 aromatic carbocycles. The van der Waals surface area contributed by atoms with Crippen molar-refractivity contribution in [2.75, 3.05) is 13.6 Å². The minimum absolute atomic E-state index is 0.278. The highest BCUT2D eigenvalue weighted by Gasteiger charge is 2.24. The van der Waals surface area contributed by atoms with Gasteiger partial charge in [-0.3, -0.25) is 10.3 Å². The molecule has 0 amide bonds. The molecule has 0 aromatic heterocycles. The van der Waals surface area contributed by atoms with E-state index in [1.54, 1.807) is 0 Å². The van der Waals surface area contributed by atoms with Crippen molar-refractivity contribution in [2.45, 2.75) is 38.6 Å². The Balaban J connectivity index is 2.43. The monoisotopic (exact) mass is 183 g/mol. The lowest BCUT2D eigenvalue weighted by molar-refractivity contribution is 0.156. The van der Waals surface area contributed by atoms with Crippen molar-refractivity contribution in [1.82, 2.24) is 4.90 Å². The summed E-state index contributed by atoms with van der Waals surface area (Å²) in [7, 11) is 2.08. The molecule has 3 heteroatoms. The molecule has 0 spiro atoms. The highest BCUT2D eigenvalue weighted by molar-refractivity contribution is 5.78. The van der Waals surface area contributed by atoms with E-state index < -0.39 is 0 Å². The number of nitrogens with one attached hydrogen (secondary N) is 1. The third-order valence-corrected chi connectivity index (χ3v) is 3.05. The van der Waals surface area contributed by atoms with Gasteiger partial charge >= 0.3 is 0 Å². The van der Waals surface area contributed by atoms with E-state index in [4.69, 9.17) is 11.1 Å². The van der Waals surface area contributed by atoms with Gasteiger partial charge in [-0.05, 0) is 25.8 Å². The Morgan fingerprint density at radius 3 is 2.62 bits per heavy atom.